The molecular weight excluding hydrogens is 284 g/mol. The first kappa shape index (κ1) is 13.8. The van der Waals surface area contributed by atoms with Crippen molar-refractivity contribution in [3.63, 3.8) is 0 Å². The van der Waals surface area contributed by atoms with Crippen LogP contribution in [-0.2, 0) is 0 Å². The van der Waals surface area contributed by atoms with Gasteiger partial charge in [0, 0.05) is 4.80 Å². The van der Waals surface area contributed by atoms with Gasteiger partial charge in [-0.1, -0.05) is 40.6 Å². The second kappa shape index (κ2) is 5.30. The summed E-state index contributed by atoms with van der Waals surface area (Å²) in [6.07, 6.45) is 0. The molecule has 0 unspecified atom stereocenters. The highest BCUT2D eigenvalue weighted by Gasteiger charge is 2.23. The number of benzene rings is 2. The molecule has 2 aromatic carbocycles. The van der Waals surface area contributed by atoms with E-state index in [0.717, 1.165) is 22.5 Å². The predicted molar refractivity (Wildman–Crippen MR) is 82.1 cm³/mol. The number of aromatic nitrogens is 4. The first-order valence-electron chi connectivity index (χ1n) is 6.75. The largest absolute Gasteiger partial charge is 0.398 e. The molecule has 0 bridgehead atoms. The molecule has 0 saturated heterocycles. The van der Waals surface area contributed by atoms with Crippen LogP contribution in [-0.4, -0.2) is 15.1 Å². The summed E-state index contributed by atoms with van der Waals surface area (Å²) in [5.41, 5.74) is 5.33. The van der Waals surface area contributed by atoms with Crippen molar-refractivity contribution in [3.05, 3.63) is 64.4 Å². The maximum Gasteiger partial charge on any atom is 0.398 e. The van der Waals surface area contributed by atoms with Crippen LogP contribution in [0.15, 0.2) is 42.5 Å². The molecule has 3 aromatic rings. The molecule has 0 radical (unpaired) electrons. The van der Waals surface area contributed by atoms with Crippen LogP contribution in [0.3, 0.4) is 0 Å². The molecule has 1 aromatic heterocycles. The van der Waals surface area contributed by atoms with Crippen LogP contribution in [0, 0.1) is 20.8 Å². The second-order valence-corrected chi connectivity index (χ2v) is 5.48. The SMILES string of the molecule is Cc1cc(C)c(-[n+]2nn(-c3ccccc3)nc2Cl)c(C)c1. The van der Waals surface area contributed by atoms with Gasteiger partial charge in [-0.2, -0.15) is 0 Å². The zero-order valence-electron chi connectivity index (χ0n) is 12.2. The number of hydrogen-bond donors (Lipinski definition) is 0. The normalized spacial score (nSPS) is 10.9. The lowest BCUT2D eigenvalue weighted by molar-refractivity contribution is -0.660. The molecule has 0 aliphatic carbocycles. The molecule has 0 N–H and O–H groups in total. The van der Waals surface area contributed by atoms with E-state index in [1.807, 2.05) is 30.3 Å². The maximum absolute atomic E-state index is 6.28. The summed E-state index contributed by atoms with van der Waals surface area (Å²) < 4.78 is 1.68. The zero-order valence-corrected chi connectivity index (χ0v) is 13.0. The van der Waals surface area contributed by atoms with E-state index in [2.05, 4.69) is 43.2 Å². The minimum Gasteiger partial charge on any atom is -0.0867 e. The van der Waals surface area contributed by atoms with Crippen LogP contribution < -0.4 is 4.68 Å². The minimum atomic E-state index is 0.342. The topological polar surface area (TPSA) is 34.6 Å². The third-order valence-electron chi connectivity index (χ3n) is 3.36. The lowest BCUT2D eigenvalue weighted by atomic mass is 10.1. The fraction of sp³-hybridized carbons (Fsp3) is 0.188. The van der Waals surface area contributed by atoms with E-state index in [0.29, 0.717) is 5.28 Å². The first-order chi connectivity index (χ1) is 10.1. The molecule has 0 spiro atoms. The van der Waals surface area contributed by atoms with Crippen LogP contribution in [0.5, 0.6) is 0 Å². The van der Waals surface area contributed by atoms with E-state index in [-0.39, 0.29) is 0 Å². The Balaban J connectivity index is 2.15. The number of hydrogen-bond acceptors (Lipinski definition) is 2. The fourth-order valence-electron chi connectivity index (χ4n) is 2.58. The van der Waals surface area contributed by atoms with Crippen molar-refractivity contribution in [2.45, 2.75) is 20.8 Å². The van der Waals surface area contributed by atoms with Crippen molar-refractivity contribution in [2.24, 2.45) is 0 Å². The highest BCUT2D eigenvalue weighted by Crippen LogP contribution is 2.17. The van der Waals surface area contributed by atoms with E-state index in [9.17, 15) is 0 Å². The Morgan fingerprint density at radius 1 is 1.00 bits per heavy atom. The lowest BCUT2D eigenvalue weighted by Gasteiger charge is -2.06. The molecule has 0 aliphatic heterocycles. The van der Waals surface area contributed by atoms with Crippen LogP contribution in [0.4, 0.5) is 0 Å². The molecule has 5 heteroatoms. The van der Waals surface area contributed by atoms with Crippen LogP contribution in [0.25, 0.3) is 11.4 Å². The molecule has 0 aliphatic rings. The Labute approximate surface area is 128 Å². The van der Waals surface area contributed by atoms with Gasteiger partial charge in [0.2, 0.25) is 0 Å². The van der Waals surface area contributed by atoms with Gasteiger partial charge in [0.05, 0.1) is 10.3 Å². The Morgan fingerprint density at radius 3 is 2.24 bits per heavy atom. The van der Waals surface area contributed by atoms with E-state index in [1.165, 1.54) is 5.56 Å². The van der Waals surface area contributed by atoms with Crippen molar-refractivity contribution >= 4 is 11.6 Å². The molecule has 106 valence electrons. The van der Waals surface area contributed by atoms with Crippen molar-refractivity contribution in [2.75, 3.05) is 0 Å². The summed E-state index contributed by atoms with van der Waals surface area (Å²) >= 11 is 6.28. The van der Waals surface area contributed by atoms with E-state index < -0.39 is 0 Å². The standard InChI is InChI=1S/C16H16ClN4/c1-11-9-12(2)15(13(3)10-11)20-16(17)18-21(19-20)14-7-5-4-6-8-14/h4-10H,1-3H3/q+1. The number of nitrogens with zero attached hydrogens (tertiary/aromatic N) is 4. The summed E-state index contributed by atoms with van der Waals surface area (Å²) in [5, 5.41) is 9.13. The Bertz CT molecular complexity index is 770. The van der Waals surface area contributed by atoms with Gasteiger partial charge in [-0.3, -0.25) is 0 Å². The zero-order chi connectivity index (χ0) is 15.0. The van der Waals surface area contributed by atoms with Crippen molar-refractivity contribution in [1.29, 1.82) is 0 Å². The lowest BCUT2D eigenvalue weighted by Crippen LogP contribution is -2.36. The fourth-order valence-corrected chi connectivity index (χ4v) is 2.77. The van der Waals surface area contributed by atoms with Gasteiger partial charge in [-0.15, -0.1) is 0 Å². The number of rotatable bonds is 2. The first-order valence-corrected chi connectivity index (χ1v) is 7.13. The molecule has 1 heterocycles. The molecule has 0 amide bonds. The molecule has 0 fully saturated rings. The van der Waals surface area contributed by atoms with Gasteiger partial charge in [-0.25, -0.2) is 0 Å². The molecule has 0 saturated carbocycles. The van der Waals surface area contributed by atoms with Gasteiger partial charge in [-0.05, 0) is 55.6 Å². The average Bonchev–Trinajstić information content (AvgIpc) is 2.81. The quantitative estimate of drug-likeness (QED) is 0.681. The van der Waals surface area contributed by atoms with Crippen molar-refractivity contribution in [3.8, 4) is 11.4 Å². The van der Waals surface area contributed by atoms with Gasteiger partial charge < -0.3 is 0 Å². The third-order valence-corrected chi connectivity index (χ3v) is 3.60. The molecule has 3 rings (SSSR count). The highest BCUT2D eigenvalue weighted by atomic mass is 35.5. The van der Waals surface area contributed by atoms with Crippen LogP contribution >= 0.6 is 11.6 Å². The Hall–Kier alpha value is -2.20. The predicted octanol–water partition coefficient (Wildman–Crippen LogP) is 3.12. The minimum absolute atomic E-state index is 0.342. The van der Waals surface area contributed by atoms with Gasteiger partial charge >= 0.3 is 5.28 Å². The number of para-hydroxylation sites is 1. The Kier molecular flexibility index (Phi) is 3.47. The van der Waals surface area contributed by atoms with Crippen LogP contribution in [0.2, 0.25) is 5.28 Å². The summed E-state index contributed by atoms with van der Waals surface area (Å²) in [7, 11) is 0. The molecule has 0 atom stereocenters. The smallest absolute Gasteiger partial charge is 0.0867 e. The monoisotopic (exact) mass is 299 g/mol. The van der Waals surface area contributed by atoms with E-state index >= 15 is 0 Å². The maximum atomic E-state index is 6.28. The van der Waals surface area contributed by atoms with Crippen molar-refractivity contribution in [1.82, 2.24) is 15.1 Å². The summed E-state index contributed by atoms with van der Waals surface area (Å²) in [5.74, 6) is 0. The van der Waals surface area contributed by atoms with Gasteiger partial charge in [0.1, 0.15) is 5.69 Å². The number of aryl methyl sites for hydroxylation is 3. The highest BCUT2D eigenvalue weighted by molar-refractivity contribution is 6.27. The van der Waals surface area contributed by atoms with Crippen LogP contribution in [0.1, 0.15) is 16.7 Å². The number of halogens is 1. The number of tetrazole rings is 1. The van der Waals surface area contributed by atoms with E-state index in [4.69, 9.17) is 11.6 Å². The second-order valence-electron chi connectivity index (χ2n) is 5.14. The van der Waals surface area contributed by atoms with Gasteiger partial charge in [0.25, 0.3) is 0 Å². The molecular formula is C16H16ClN4+. The molecule has 21 heavy (non-hydrogen) atoms. The summed E-state index contributed by atoms with van der Waals surface area (Å²) in [4.78, 5) is 1.54. The van der Waals surface area contributed by atoms with Gasteiger partial charge in [0.15, 0.2) is 5.69 Å². The Morgan fingerprint density at radius 2 is 1.62 bits per heavy atom. The van der Waals surface area contributed by atoms with E-state index in [1.54, 1.807) is 9.48 Å². The summed E-state index contributed by atoms with van der Waals surface area (Å²) in [6, 6.07) is 14.0. The summed E-state index contributed by atoms with van der Waals surface area (Å²) in [6.45, 7) is 6.19. The third kappa shape index (κ3) is 2.54. The molecule has 4 nitrogen and oxygen atoms in total. The van der Waals surface area contributed by atoms with Crippen molar-refractivity contribution < 1.29 is 4.68 Å². The average molecular weight is 300 g/mol.